The molecule has 0 saturated carbocycles. The van der Waals surface area contributed by atoms with Crippen LogP contribution in [0, 0.1) is 0 Å². The second-order valence-corrected chi connectivity index (χ2v) is 4.16. The first-order chi connectivity index (χ1) is 7.34. The van der Waals surface area contributed by atoms with Crippen molar-refractivity contribution in [3.05, 3.63) is 47.2 Å². The monoisotopic (exact) mass is 321 g/mol. The topological polar surface area (TPSA) is 25.8 Å². The van der Waals surface area contributed by atoms with E-state index in [9.17, 15) is 0 Å². The maximum atomic E-state index is 4.46. The summed E-state index contributed by atoms with van der Waals surface area (Å²) in [4.78, 5) is 8.83. The number of benzene rings is 1. The van der Waals surface area contributed by atoms with Crippen LogP contribution in [0.25, 0.3) is 21.8 Å². The number of pyridine rings is 2. The van der Waals surface area contributed by atoms with Crippen molar-refractivity contribution in [3.8, 4) is 0 Å². The van der Waals surface area contributed by atoms with Crippen LogP contribution in [0.15, 0.2) is 47.2 Å². The van der Waals surface area contributed by atoms with E-state index in [1.54, 1.807) is 6.20 Å². The van der Waals surface area contributed by atoms with Gasteiger partial charge >= 0.3 is 17.1 Å². The molecule has 0 unspecified atom stereocenters. The SMILES string of the molecule is Brc1ccc2ccc3cccnc3c2n1.[Cu+]. The van der Waals surface area contributed by atoms with E-state index in [2.05, 4.69) is 38.0 Å². The van der Waals surface area contributed by atoms with Gasteiger partial charge in [-0.3, -0.25) is 4.98 Å². The Balaban J connectivity index is 0.000000963. The molecule has 3 rings (SSSR count). The molecule has 2 nitrogen and oxygen atoms in total. The number of halogens is 1. The quantitative estimate of drug-likeness (QED) is 0.359. The Morgan fingerprint density at radius 2 is 1.56 bits per heavy atom. The molecule has 0 fully saturated rings. The smallest absolute Gasteiger partial charge is 0.254 e. The van der Waals surface area contributed by atoms with Crippen LogP contribution in [-0.4, -0.2) is 9.97 Å². The van der Waals surface area contributed by atoms with E-state index in [4.69, 9.17) is 0 Å². The number of hydrogen-bond donors (Lipinski definition) is 0. The Morgan fingerprint density at radius 3 is 2.38 bits per heavy atom. The van der Waals surface area contributed by atoms with Gasteiger partial charge in [0.05, 0.1) is 11.0 Å². The molecule has 0 aliphatic carbocycles. The van der Waals surface area contributed by atoms with E-state index in [0.29, 0.717) is 0 Å². The maximum absolute atomic E-state index is 4.46. The van der Waals surface area contributed by atoms with E-state index in [-0.39, 0.29) is 17.1 Å². The first-order valence-corrected chi connectivity index (χ1v) is 5.44. The van der Waals surface area contributed by atoms with Crippen LogP contribution in [0.3, 0.4) is 0 Å². The average molecular weight is 323 g/mol. The minimum absolute atomic E-state index is 0. The minimum atomic E-state index is 0. The molecule has 0 spiro atoms. The van der Waals surface area contributed by atoms with Crippen molar-refractivity contribution in [3.63, 3.8) is 0 Å². The van der Waals surface area contributed by atoms with E-state index < -0.39 is 0 Å². The van der Waals surface area contributed by atoms with Gasteiger partial charge in [-0.05, 0) is 28.1 Å². The van der Waals surface area contributed by atoms with Crippen molar-refractivity contribution in [2.45, 2.75) is 0 Å². The van der Waals surface area contributed by atoms with Crippen LogP contribution in [0.1, 0.15) is 0 Å². The van der Waals surface area contributed by atoms with E-state index in [1.165, 1.54) is 0 Å². The zero-order valence-electron chi connectivity index (χ0n) is 8.12. The van der Waals surface area contributed by atoms with Crippen LogP contribution < -0.4 is 0 Å². The van der Waals surface area contributed by atoms with Crippen molar-refractivity contribution in [2.24, 2.45) is 0 Å². The van der Waals surface area contributed by atoms with Crippen molar-refractivity contribution in [1.82, 2.24) is 9.97 Å². The molecule has 16 heavy (non-hydrogen) atoms. The summed E-state index contributed by atoms with van der Waals surface area (Å²) in [7, 11) is 0. The van der Waals surface area contributed by atoms with Gasteiger partial charge in [-0.1, -0.05) is 24.3 Å². The van der Waals surface area contributed by atoms with Crippen LogP contribution >= 0.6 is 15.9 Å². The molecule has 0 amide bonds. The predicted molar refractivity (Wildman–Crippen MR) is 64.7 cm³/mol. The molecule has 2 heterocycles. The molecule has 2 aromatic heterocycles. The second-order valence-electron chi connectivity index (χ2n) is 3.35. The zero-order valence-corrected chi connectivity index (χ0v) is 10.6. The molecular formula is C12H7BrCuN2+. The predicted octanol–water partition coefficient (Wildman–Crippen LogP) is 3.54. The second kappa shape index (κ2) is 4.50. The molecule has 0 saturated heterocycles. The van der Waals surface area contributed by atoms with Crippen LogP contribution in [0.4, 0.5) is 0 Å². The van der Waals surface area contributed by atoms with Crippen LogP contribution in [0.2, 0.25) is 0 Å². The summed E-state index contributed by atoms with van der Waals surface area (Å²) in [6.07, 6.45) is 1.80. The van der Waals surface area contributed by atoms with Gasteiger partial charge in [-0.2, -0.15) is 0 Å². The summed E-state index contributed by atoms with van der Waals surface area (Å²) in [6, 6.07) is 12.1. The van der Waals surface area contributed by atoms with Gasteiger partial charge in [0, 0.05) is 17.0 Å². The molecule has 0 aliphatic heterocycles. The first-order valence-electron chi connectivity index (χ1n) is 4.64. The number of fused-ring (bicyclic) bond motifs is 3. The standard InChI is InChI=1S/C12H7BrN2.Cu/c13-10-6-5-9-4-3-8-2-1-7-14-11(8)12(9)15-10;/h1-7H;/q;+1. The van der Waals surface area contributed by atoms with Crippen molar-refractivity contribution >= 4 is 37.7 Å². The van der Waals surface area contributed by atoms with Gasteiger partial charge in [0.25, 0.3) is 0 Å². The number of nitrogens with zero attached hydrogens (tertiary/aromatic N) is 2. The Kier molecular flexibility index (Phi) is 3.24. The molecule has 0 atom stereocenters. The maximum Gasteiger partial charge on any atom is 1.00 e. The molecule has 0 aliphatic rings. The van der Waals surface area contributed by atoms with Gasteiger partial charge in [0.1, 0.15) is 4.60 Å². The summed E-state index contributed by atoms with van der Waals surface area (Å²) in [6.45, 7) is 0. The third-order valence-electron chi connectivity index (χ3n) is 2.40. The number of rotatable bonds is 0. The summed E-state index contributed by atoms with van der Waals surface area (Å²) in [5.74, 6) is 0. The number of aromatic nitrogens is 2. The van der Waals surface area contributed by atoms with Gasteiger partial charge in [-0.25, -0.2) is 4.98 Å². The molecular weight excluding hydrogens is 316 g/mol. The Bertz CT molecular complexity index is 655. The summed E-state index contributed by atoms with van der Waals surface area (Å²) >= 11 is 3.38. The van der Waals surface area contributed by atoms with E-state index >= 15 is 0 Å². The fourth-order valence-electron chi connectivity index (χ4n) is 1.70. The molecule has 1 aromatic carbocycles. The molecule has 3 aromatic rings. The fourth-order valence-corrected chi connectivity index (χ4v) is 2.01. The zero-order chi connectivity index (χ0) is 10.3. The van der Waals surface area contributed by atoms with Crippen LogP contribution in [0.5, 0.6) is 0 Å². The van der Waals surface area contributed by atoms with Gasteiger partial charge < -0.3 is 0 Å². The first kappa shape index (κ1) is 11.5. The van der Waals surface area contributed by atoms with Crippen LogP contribution in [-0.2, 0) is 17.1 Å². The van der Waals surface area contributed by atoms with Crippen molar-refractivity contribution < 1.29 is 17.1 Å². The Hall–Kier alpha value is -0.961. The van der Waals surface area contributed by atoms with Crippen molar-refractivity contribution in [2.75, 3.05) is 0 Å². The molecule has 4 heteroatoms. The van der Waals surface area contributed by atoms with E-state index in [1.807, 2.05) is 24.3 Å². The third kappa shape index (κ3) is 1.84. The molecule has 0 radical (unpaired) electrons. The normalized spacial score (nSPS) is 10.3. The molecule has 82 valence electrons. The Labute approximate surface area is 112 Å². The molecule has 0 bridgehead atoms. The van der Waals surface area contributed by atoms with Crippen molar-refractivity contribution in [1.29, 1.82) is 0 Å². The fraction of sp³-hybridized carbons (Fsp3) is 0. The summed E-state index contributed by atoms with van der Waals surface area (Å²) in [5, 5.41) is 2.24. The third-order valence-corrected chi connectivity index (χ3v) is 2.84. The minimum Gasteiger partial charge on any atom is -0.254 e. The summed E-state index contributed by atoms with van der Waals surface area (Å²) < 4.78 is 0.841. The Morgan fingerprint density at radius 1 is 0.875 bits per heavy atom. The summed E-state index contributed by atoms with van der Waals surface area (Å²) in [5.41, 5.74) is 1.90. The van der Waals surface area contributed by atoms with E-state index in [0.717, 1.165) is 26.4 Å². The largest absolute Gasteiger partial charge is 1.00 e. The van der Waals surface area contributed by atoms with Gasteiger partial charge in [0.15, 0.2) is 0 Å². The molecule has 0 N–H and O–H groups in total. The number of hydrogen-bond acceptors (Lipinski definition) is 2. The van der Waals surface area contributed by atoms with Gasteiger partial charge in [-0.15, -0.1) is 0 Å². The van der Waals surface area contributed by atoms with Gasteiger partial charge in [0.2, 0.25) is 0 Å². The average Bonchev–Trinajstić information content (AvgIpc) is 2.29.